The fraction of sp³-hybridized carbons (Fsp3) is 0.727. The van der Waals surface area contributed by atoms with Crippen LogP contribution in [-0.2, 0) is 14.6 Å². The second kappa shape index (κ2) is 6.93. The Morgan fingerprint density at radius 1 is 1.52 bits per heavy atom. The van der Waals surface area contributed by atoms with E-state index in [4.69, 9.17) is 5.73 Å². The largest absolute Gasteiger partial charge is 0.374 e. The van der Waals surface area contributed by atoms with Gasteiger partial charge in [0.2, 0.25) is 11.0 Å². The molecule has 10 heteroatoms. The van der Waals surface area contributed by atoms with Crippen LogP contribution in [0.1, 0.15) is 19.8 Å². The van der Waals surface area contributed by atoms with Gasteiger partial charge in [0.05, 0.1) is 17.3 Å². The zero-order valence-electron chi connectivity index (χ0n) is 11.7. The number of anilines is 1. The summed E-state index contributed by atoms with van der Waals surface area (Å²) in [6.07, 6.45) is 1.34. The van der Waals surface area contributed by atoms with Crippen molar-refractivity contribution in [1.82, 2.24) is 15.1 Å². The van der Waals surface area contributed by atoms with Gasteiger partial charge < -0.3 is 10.6 Å². The molecule has 2 N–H and O–H groups in total. The number of amides is 1. The molecule has 0 bridgehead atoms. The summed E-state index contributed by atoms with van der Waals surface area (Å²) in [5.41, 5.74) is 5.49. The number of carbonyl (C=O) groups is 1. The molecule has 1 atom stereocenters. The molecule has 1 aromatic heterocycles. The predicted molar refractivity (Wildman–Crippen MR) is 84.1 cm³/mol. The van der Waals surface area contributed by atoms with Gasteiger partial charge in [0.25, 0.3) is 0 Å². The maximum atomic E-state index is 12.3. The van der Waals surface area contributed by atoms with Crippen molar-refractivity contribution in [3.05, 3.63) is 0 Å². The molecule has 21 heavy (non-hydrogen) atoms. The third-order valence-corrected chi connectivity index (χ3v) is 6.80. The average Bonchev–Trinajstić information content (AvgIpc) is 2.99. The number of hydrogen-bond donors (Lipinski definition) is 1. The van der Waals surface area contributed by atoms with E-state index < -0.39 is 9.84 Å². The van der Waals surface area contributed by atoms with Gasteiger partial charge in [-0.05, 0) is 12.8 Å². The van der Waals surface area contributed by atoms with Gasteiger partial charge in [0.15, 0.2) is 14.2 Å². The molecule has 0 saturated carbocycles. The summed E-state index contributed by atoms with van der Waals surface area (Å²) in [7, 11) is -2.99. The number of carbonyl (C=O) groups excluding carboxylic acids is 1. The minimum atomic E-state index is -2.99. The highest BCUT2D eigenvalue weighted by molar-refractivity contribution is 8.01. The number of rotatable bonds is 6. The van der Waals surface area contributed by atoms with Crippen molar-refractivity contribution >= 4 is 44.0 Å². The summed E-state index contributed by atoms with van der Waals surface area (Å²) in [5.74, 6) is 0.420. The first kappa shape index (κ1) is 16.5. The number of aromatic nitrogens is 2. The maximum absolute atomic E-state index is 12.3. The number of nitrogens with zero attached hydrogens (tertiary/aromatic N) is 3. The molecule has 1 aromatic rings. The van der Waals surface area contributed by atoms with E-state index in [1.54, 1.807) is 4.90 Å². The molecule has 0 unspecified atom stereocenters. The van der Waals surface area contributed by atoms with E-state index in [0.29, 0.717) is 22.4 Å². The van der Waals surface area contributed by atoms with Crippen LogP contribution >= 0.6 is 23.1 Å². The zero-order valence-corrected chi connectivity index (χ0v) is 14.1. The maximum Gasteiger partial charge on any atom is 0.233 e. The van der Waals surface area contributed by atoms with E-state index in [-0.39, 0.29) is 29.2 Å². The van der Waals surface area contributed by atoms with Crippen LogP contribution in [0.15, 0.2) is 4.34 Å². The van der Waals surface area contributed by atoms with Crippen LogP contribution in [0, 0.1) is 0 Å². The van der Waals surface area contributed by atoms with Gasteiger partial charge in [-0.15, -0.1) is 10.2 Å². The second-order valence-corrected chi connectivity index (χ2v) is 9.30. The lowest BCUT2D eigenvalue weighted by Crippen LogP contribution is -2.42. The number of hydrogen-bond acceptors (Lipinski definition) is 8. The normalized spacial score (nSPS) is 20.5. The third kappa shape index (κ3) is 4.55. The third-order valence-electron chi connectivity index (χ3n) is 3.18. The molecule has 2 heterocycles. The van der Waals surface area contributed by atoms with Crippen molar-refractivity contribution in [3.63, 3.8) is 0 Å². The summed E-state index contributed by atoms with van der Waals surface area (Å²) < 4.78 is 23.8. The SMILES string of the molecule is CCCN(C(=O)CSc1nnc(N)s1)[C@H]1CCS(=O)(=O)C1. The topological polar surface area (TPSA) is 106 Å². The van der Waals surface area contributed by atoms with Crippen LogP contribution in [-0.4, -0.2) is 59.3 Å². The zero-order chi connectivity index (χ0) is 15.5. The van der Waals surface area contributed by atoms with Gasteiger partial charge in [-0.1, -0.05) is 30.0 Å². The Balaban J connectivity index is 1.95. The van der Waals surface area contributed by atoms with Gasteiger partial charge in [-0.3, -0.25) is 4.79 Å². The Bertz CT molecular complexity index is 602. The molecule has 1 saturated heterocycles. The van der Waals surface area contributed by atoms with Gasteiger partial charge in [-0.2, -0.15) is 0 Å². The highest BCUT2D eigenvalue weighted by Gasteiger charge is 2.34. The summed E-state index contributed by atoms with van der Waals surface area (Å²) in [5, 5.41) is 7.92. The molecule has 2 rings (SSSR count). The first-order valence-corrected chi connectivity index (χ1v) is 10.3. The Kier molecular flexibility index (Phi) is 5.44. The molecular weight excluding hydrogens is 332 g/mol. The molecule has 118 valence electrons. The summed E-state index contributed by atoms with van der Waals surface area (Å²) in [4.78, 5) is 14.0. The van der Waals surface area contributed by atoms with Crippen molar-refractivity contribution in [2.24, 2.45) is 0 Å². The van der Waals surface area contributed by atoms with Gasteiger partial charge in [0, 0.05) is 12.6 Å². The lowest BCUT2D eigenvalue weighted by atomic mass is 10.2. The first-order chi connectivity index (χ1) is 9.91. The van der Waals surface area contributed by atoms with Crippen molar-refractivity contribution in [2.75, 3.05) is 29.5 Å². The molecule has 1 aliphatic rings. The summed E-state index contributed by atoms with van der Waals surface area (Å²) in [6, 6.07) is -0.192. The lowest BCUT2D eigenvalue weighted by molar-refractivity contribution is -0.130. The number of nitrogens with two attached hydrogens (primary N) is 1. The monoisotopic (exact) mass is 350 g/mol. The summed E-state index contributed by atoms with van der Waals surface area (Å²) >= 11 is 2.53. The highest BCUT2D eigenvalue weighted by Crippen LogP contribution is 2.25. The van der Waals surface area contributed by atoms with E-state index in [1.807, 2.05) is 6.92 Å². The predicted octanol–water partition coefficient (Wildman–Crippen LogP) is 0.638. The molecule has 1 amide bonds. The Morgan fingerprint density at radius 3 is 2.81 bits per heavy atom. The van der Waals surface area contributed by atoms with E-state index in [9.17, 15) is 13.2 Å². The molecular formula is C11H18N4O3S3. The van der Waals surface area contributed by atoms with Crippen LogP contribution in [0.25, 0.3) is 0 Å². The van der Waals surface area contributed by atoms with Crippen LogP contribution in [0.5, 0.6) is 0 Å². The molecule has 0 aromatic carbocycles. The quantitative estimate of drug-likeness (QED) is 0.750. The number of nitrogen functional groups attached to an aromatic ring is 1. The smallest absolute Gasteiger partial charge is 0.233 e. The fourth-order valence-corrected chi connectivity index (χ4v) is 5.51. The van der Waals surface area contributed by atoms with Crippen molar-refractivity contribution in [1.29, 1.82) is 0 Å². The Morgan fingerprint density at radius 2 is 2.29 bits per heavy atom. The average molecular weight is 350 g/mol. The van der Waals surface area contributed by atoms with Crippen LogP contribution in [0.4, 0.5) is 5.13 Å². The number of sulfone groups is 1. The minimum Gasteiger partial charge on any atom is -0.374 e. The van der Waals surface area contributed by atoms with E-state index in [1.165, 1.54) is 23.1 Å². The van der Waals surface area contributed by atoms with E-state index in [2.05, 4.69) is 10.2 Å². The first-order valence-electron chi connectivity index (χ1n) is 6.63. The lowest BCUT2D eigenvalue weighted by Gasteiger charge is -2.27. The fourth-order valence-electron chi connectivity index (χ4n) is 2.26. The van der Waals surface area contributed by atoms with Gasteiger partial charge in [-0.25, -0.2) is 8.42 Å². The van der Waals surface area contributed by atoms with Gasteiger partial charge in [0.1, 0.15) is 0 Å². The van der Waals surface area contributed by atoms with E-state index in [0.717, 1.165) is 6.42 Å². The highest BCUT2D eigenvalue weighted by atomic mass is 32.2. The van der Waals surface area contributed by atoms with E-state index >= 15 is 0 Å². The molecule has 7 nitrogen and oxygen atoms in total. The van der Waals surface area contributed by atoms with Crippen LogP contribution in [0.2, 0.25) is 0 Å². The Hall–Kier alpha value is -0.870. The van der Waals surface area contributed by atoms with Crippen LogP contribution < -0.4 is 5.73 Å². The van der Waals surface area contributed by atoms with Crippen molar-refractivity contribution in [3.8, 4) is 0 Å². The van der Waals surface area contributed by atoms with Gasteiger partial charge >= 0.3 is 0 Å². The van der Waals surface area contributed by atoms with Crippen molar-refractivity contribution < 1.29 is 13.2 Å². The van der Waals surface area contributed by atoms with Crippen LogP contribution in [0.3, 0.4) is 0 Å². The number of thioether (sulfide) groups is 1. The van der Waals surface area contributed by atoms with Crippen molar-refractivity contribution in [2.45, 2.75) is 30.1 Å². The molecule has 0 aliphatic carbocycles. The molecule has 1 aliphatic heterocycles. The second-order valence-electron chi connectivity index (χ2n) is 4.84. The Labute approximate surface area is 132 Å². The molecule has 1 fully saturated rings. The summed E-state index contributed by atoms with van der Waals surface area (Å²) in [6.45, 7) is 2.56. The standard InChI is InChI=1S/C11H18N4O3S3/c1-2-4-15(8-3-5-21(17,18)7-8)9(16)6-19-11-14-13-10(12)20-11/h8H,2-7H2,1H3,(H2,12,13)/t8-/m0/s1. The molecule has 0 radical (unpaired) electrons. The molecule has 0 spiro atoms. The minimum absolute atomic E-state index is 0.0577.